The molecule has 0 fully saturated rings. The van der Waals surface area contributed by atoms with E-state index in [1.165, 1.54) is 0 Å². The quantitative estimate of drug-likeness (QED) is 0.288. The Balaban J connectivity index is 1.37. The third-order valence-electron chi connectivity index (χ3n) is 5.48. The predicted molar refractivity (Wildman–Crippen MR) is 128 cm³/mol. The lowest BCUT2D eigenvalue weighted by atomic mass is 9.98. The second kappa shape index (κ2) is 9.45. The number of rotatable bonds is 7. The van der Waals surface area contributed by atoms with Crippen molar-refractivity contribution >= 4 is 33.8 Å². The zero-order chi connectivity index (χ0) is 22.5. The largest absolute Gasteiger partial charge is 0.397 e. The Bertz CT molecular complexity index is 1280. The molecule has 0 heterocycles. The molecule has 160 valence electrons. The molecule has 5 heteroatoms. The van der Waals surface area contributed by atoms with Gasteiger partial charge in [-0.25, -0.2) is 0 Å². The third-order valence-corrected chi connectivity index (χ3v) is 5.48. The van der Waals surface area contributed by atoms with Gasteiger partial charge in [0.15, 0.2) is 5.78 Å². The third kappa shape index (κ3) is 4.85. The number of aryl methyl sites for hydroxylation is 1. The van der Waals surface area contributed by atoms with Gasteiger partial charge < -0.3 is 16.2 Å². The van der Waals surface area contributed by atoms with Gasteiger partial charge in [-0.2, -0.15) is 0 Å². The summed E-state index contributed by atoms with van der Waals surface area (Å²) in [6.07, 6.45) is 0.972. The topological polar surface area (TPSA) is 92.4 Å². The van der Waals surface area contributed by atoms with Gasteiger partial charge in [-0.15, -0.1) is 0 Å². The number of para-hydroxylation sites is 2. The monoisotopic (exact) mass is 424 g/mol. The fraction of sp³-hybridized carbons (Fsp3) is 0.111. The first-order valence-corrected chi connectivity index (χ1v) is 10.4. The summed E-state index contributed by atoms with van der Waals surface area (Å²) < 4.78 is 0. The average molecular weight is 425 g/mol. The van der Waals surface area contributed by atoms with Gasteiger partial charge in [0, 0.05) is 17.5 Å². The number of nitrogens with one attached hydrogen (secondary N) is 1. The molecule has 1 amide bonds. The van der Waals surface area contributed by atoms with Gasteiger partial charge in [-0.05, 0) is 64.7 Å². The number of amides is 1. The number of aliphatic hydroxyl groups is 1. The van der Waals surface area contributed by atoms with E-state index in [0.717, 1.165) is 21.9 Å². The van der Waals surface area contributed by atoms with Gasteiger partial charge in [0.25, 0.3) is 5.91 Å². The molecule has 0 spiro atoms. The van der Waals surface area contributed by atoms with Crippen LogP contribution in [0.15, 0.2) is 84.9 Å². The van der Waals surface area contributed by atoms with Crippen LogP contribution in [-0.4, -0.2) is 16.8 Å². The van der Waals surface area contributed by atoms with Crippen molar-refractivity contribution in [2.45, 2.75) is 19.4 Å². The van der Waals surface area contributed by atoms with E-state index in [9.17, 15) is 14.7 Å². The summed E-state index contributed by atoms with van der Waals surface area (Å²) in [6.45, 7) is -0.00260. The van der Waals surface area contributed by atoms with Crippen LogP contribution in [0.1, 0.15) is 38.3 Å². The van der Waals surface area contributed by atoms with Gasteiger partial charge >= 0.3 is 0 Å². The Kier molecular flexibility index (Phi) is 6.29. The van der Waals surface area contributed by atoms with Crippen LogP contribution in [0.4, 0.5) is 11.4 Å². The van der Waals surface area contributed by atoms with Gasteiger partial charge in [0.05, 0.1) is 18.0 Å². The minimum atomic E-state index is -0.231. The second-order valence-corrected chi connectivity index (χ2v) is 7.72. The van der Waals surface area contributed by atoms with E-state index < -0.39 is 0 Å². The number of nitrogens with two attached hydrogens (primary N) is 1. The molecule has 0 aliphatic rings. The van der Waals surface area contributed by atoms with Gasteiger partial charge in [-0.3, -0.25) is 9.59 Å². The molecule has 4 N–H and O–H groups in total. The van der Waals surface area contributed by atoms with Crippen LogP contribution in [-0.2, 0) is 13.0 Å². The number of hydrogen-bond donors (Lipinski definition) is 3. The van der Waals surface area contributed by atoms with Crippen molar-refractivity contribution in [3.63, 3.8) is 0 Å². The first-order valence-electron chi connectivity index (χ1n) is 10.4. The van der Waals surface area contributed by atoms with Crippen molar-refractivity contribution in [3.8, 4) is 0 Å². The minimum absolute atomic E-state index is 0.00260. The predicted octanol–water partition coefficient (Wildman–Crippen LogP) is 4.98. The van der Waals surface area contributed by atoms with E-state index >= 15 is 0 Å². The lowest BCUT2D eigenvalue weighted by molar-refractivity contribution is 0.0981. The number of nitrogen functional groups attached to an aromatic ring is 1. The lowest BCUT2D eigenvalue weighted by Gasteiger charge is -2.09. The first kappa shape index (κ1) is 21.3. The normalized spacial score (nSPS) is 10.8. The lowest BCUT2D eigenvalue weighted by Crippen LogP contribution is -2.13. The molecule has 4 aromatic carbocycles. The van der Waals surface area contributed by atoms with Crippen molar-refractivity contribution < 1.29 is 14.7 Å². The molecular weight excluding hydrogens is 400 g/mol. The van der Waals surface area contributed by atoms with Gasteiger partial charge in [0.2, 0.25) is 0 Å². The van der Waals surface area contributed by atoms with Crippen LogP contribution in [0, 0.1) is 0 Å². The van der Waals surface area contributed by atoms with Gasteiger partial charge in [-0.1, -0.05) is 48.5 Å². The molecule has 0 aliphatic carbocycles. The number of Topliss-reactive ketones (excluding diaryl/α,β-unsaturated/α-hetero) is 1. The number of carbonyl (C=O) groups excluding carboxylic acids is 2. The number of carbonyl (C=O) groups is 2. The van der Waals surface area contributed by atoms with Crippen molar-refractivity contribution in [1.82, 2.24) is 0 Å². The van der Waals surface area contributed by atoms with E-state index in [2.05, 4.69) is 5.32 Å². The Morgan fingerprint density at radius 1 is 0.781 bits per heavy atom. The molecule has 32 heavy (non-hydrogen) atoms. The van der Waals surface area contributed by atoms with Crippen molar-refractivity contribution in [2.75, 3.05) is 11.1 Å². The zero-order valence-corrected chi connectivity index (χ0v) is 17.5. The van der Waals surface area contributed by atoms with Gasteiger partial charge in [0.1, 0.15) is 0 Å². The molecule has 4 aromatic rings. The number of ketones is 1. The molecule has 0 radical (unpaired) electrons. The highest BCUT2D eigenvalue weighted by Crippen LogP contribution is 2.20. The first-order chi connectivity index (χ1) is 15.5. The van der Waals surface area contributed by atoms with Crippen LogP contribution in [0.25, 0.3) is 10.8 Å². The maximum Gasteiger partial charge on any atom is 0.255 e. The summed E-state index contributed by atoms with van der Waals surface area (Å²) in [5.74, 6) is -0.162. The highest BCUT2D eigenvalue weighted by molar-refractivity contribution is 6.05. The van der Waals surface area contributed by atoms with Crippen molar-refractivity contribution in [2.24, 2.45) is 0 Å². The molecule has 5 nitrogen and oxygen atoms in total. The Morgan fingerprint density at radius 2 is 1.44 bits per heavy atom. The number of anilines is 2. The summed E-state index contributed by atoms with van der Waals surface area (Å²) in [7, 11) is 0. The number of aliphatic hydroxyl groups excluding tert-OH is 1. The van der Waals surface area contributed by atoms with Crippen molar-refractivity contribution in [3.05, 3.63) is 107 Å². The number of hydrogen-bond acceptors (Lipinski definition) is 4. The van der Waals surface area contributed by atoms with Crippen LogP contribution >= 0.6 is 0 Å². The SMILES string of the molecule is Nc1ccccc1NC(=O)c1ccc(CCC(=O)c2ccc3cc(CO)ccc3c2)cc1. The Morgan fingerprint density at radius 3 is 2.19 bits per heavy atom. The molecule has 0 saturated carbocycles. The molecule has 0 saturated heterocycles. The standard InChI is InChI=1S/C27H24N2O3/c28-24-3-1-2-4-25(24)29-27(32)20-9-5-18(6-10-20)8-14-26(31)23-13-12-21-15-19(17-30)7-11-22(21)16-23/h1-7,9-13,15-16,30H,8,14,17,28H2,(H,29,32). The van der Waals surface area contributed by atoms with E-state index in [4.69, 9.17) is 5.73 Å². The fourth-order valence-electron chi connectivity index (χ4n) is 3.60. The Labute approximate surface area is 186 Å². The molecule has 0 atom stereocenters. The summed E-state index contributed by atoms with van der Waals surface area (Å²) in [5, 5.41) is 14.0. The zero-order valence-electron chi connectivity index (χ0n) is 17.5. The molecule has 0 aliphatic heterocycles. The van der Waals surface area contributed by atoms with E-state index in [1.807, 2.05) is 60.7 Å². The molecule has 0 aromatic heterocycles. The van der Waals surface area contributed by atoms with Crippen LogP contribution in [0.3, 0.4) is 0 Å². The molecule has 0 bridgehead atoms. The minimum Gasteiger partial charge on any atom is -0.397 e. The van der Waals surface area contributed by atoms with E-state index in [0.29, 0.717) is 35.3 Å². The number of benzene rings is 4. The van der Waals surface area contributed by atoms with Crippen molar-refractivity contribution in [1.29, 1.82) is 0 Å². The second-order valence-electron chi connectivity index (χ2n) is 7.72. The van der Waals surface area contributed by atoms with Crippen LogP contribution in [0.2, 0.25) is 0 Å². The smallest absolute Gasteiger partial charge is 0.255 e. The maximum absolute atomic E-state index is 12.7. The summed E-state index contributed by atoms with van der Waals surface area (Å²) >= 11 is 0. The molecular formula is C27H24N2O3. The summed E-state index contributed by atoms with van der Waals surface area (Å²) in [4.78, 5) is 25.1. The highest BCUT2D eigenvalue weighted by Gasteiger charge is 2.10. The van der Waals surface area contributed by atoms with Crippen LogP contribution < -0.4 is 11.1 Å². The van der Waals surface area contributed by atoms with E-state index in [-0.39, 0.29) is 18.3 Å². The molecule has 4 rings (SSSR count). The molecule has 0 unspecified atom stereocenters. The van der Waals surface area contributed by atoms with Crippen LogP contribution in [0.5, 0.6) is 0 Å². The fourth-order valence-corrected chi connectivity index (χ4v) is 3.60. The summed E-state index contributed by atoms with van der Waals surface area (Å²) in [5.41, 5.74) is 10.0. The Hall–Kier alpha value is -3.96. The average Bonchev–Trinajstić information content (AvgIpc) is 2.83. The summed E-state index contributed by atoms with van der Waals surface area (Å²) in [6, 6.07) is 25.7. The van der Waals surface area contributed by atoms with E-state index in [1.54, 1.807) is 24.3 Å². The highest BCUT2D eigenvalue weighted by atomic mass is 16.3. The number of fused-ring (bicyclic) bond motifs is 1. The maximum atomic E-state index is 12.7.